The first-order valence-corrected chi connectivity index (χ1v) is 9.08. The summed E-state index contributed by atoms with van der Waals surface area (Å²) in [7, 11) is 0. The monoisotopic (exact) mass is 293 g/mol. The van der Waals surface area contributed by atoms with Gasteiger partial charge in [-0.05, 0) is 50.4 Å². The fourth-order valence-electron chi connectivity index (χ4n) is 5.91. The molecule has 0 aliphatic heterocycles. The minimum Gasteiger partial charge on any atom is -0.379 e. The van der Waals surface area contributed by atoms with E-state index < -0.39 is 6.23 Å². The largest absolute Gasteiger partial charge is 0.379 e. The summed E-state index contributed by atoms with van der Waals surface area (Å²) in [6.45, 7) is 11.1. The van der Waals surface area contributed by atoms with Crippen LogP contribution in [0.3, 0.4) is 0 Å². The van der Waals surface area contributed by atoms with Gasteiger partial charge in [0.2, 0.25) is 0 Å². The van der Waals surface area contributed by atoms with Crippen LogP contribution in [-0.2, 0) is 0 Å². The number of aliphatic hydroxyl groups excluding tert-OH is 1. The second kappa shape index (κ2) is 6.42. The Morgan fingerprint density at radius 1 is 1.29 bits per heavy atom. The summed E-state index contributed by atoms with van der Waals surface area (Å²) < 4.78 is 0. The SMILES string of the molecule is CC/C=C(\C)C1(NC(C)O)C(C)C2(CCCCC2)C1CC. The van der Waals surface area contributed by atoms with Crippen LogP contribution in [0.5, 0.6) is 0 Å². The first-order chi connectivity index (χ1) is 9.95. The van der Waals surface area contributed by atoms with E-state index in [1.807, 2.05) is 6.92 Å². The molecule has 2 aliphatic rings. The van der Waals surface area contributed by atoms with Gasteiger partial charge < -0.3 is 5.11 Å². The molecule has 2 aliphatic carbocycles. The molecule has 122 valence electrons. The highest BCUT2D eigenvalue weighted by atomic mass is 16.3. The number of rotatable bonds is 5. The van der Waals surface area contributed by atoms with Gasteiger partial charge in [0.15, 0.2) is 0 Å². The summed E-state index contributed by atoms with van der Waals surface area (Å²) >= 11 is 0. The van der Waals surface area contributed by atoms with Crippen LogP contribution >= 0.6 is 0 Å². The molecule has 2 heteroatoms. The lowest BCUT2D eigenvalue weighted by atomic mass is 9.37. The molecule has 0 aromatic rings. The first kappa shape index (κ1) is 17.0. The maximum Gasteiger partial charge on any atom is 0.102 e. The Labute approximate surface area is 131 Å². The van der Waals surface area contributed by atoms with E-state index in [-0.39, 0.29) is 5.54 Å². The maximum atomic E-state index is 10.0. The van der Waals surface area contributed by atoms with Gasteiger partial charge in [0.1, 0.15) is 6.23 Å². The van der Waals surface area contributed by atoms with Gasteiger partial charge in [-0.1, -0.05) is 58.1 Å². The zero-order chi connectivity index (χ0) is 15.7. The smallest absolute Gasteiger partial charge is 0.102 e. The van der Waals surface area contributed by atoms with E-state index in [4.69, 9.17) is 0 Å². The lowest BCUT2D eigenvalue weighted by molar-refractivity contribution is -0.169. The molecule has 2 nitrogen and oxygen atoms in total. The van der Waals surface area contributed by atoms with E-state index in [1.54, 1.807) is 0 Å². The highest BCUT2D eigenvalue weighted by Crippen LogP contribution is 2.67. The summed E-state index contributed by atoms with van der Waals surface area (Å²) in [5.74, 6) is 1.28. The molecule has 4 unspecified atom stereocenters. The molecule has 0 amide bonds. The third kappa shape index (κ3) is 2.49. The second-order valence-corrected chi connectivity index (χ2v) is 7.46. The maximum absolute atomic E-state index is 10.0. The number of aliphatic hydroxyl groups is 1. The predicted molar refractivity (Wildman–Crippen MR) is 90.1 cm³/mol. The minimum absolute atomic E-state index is 0.0102. The highest BCUT2D eigenvalue weighted by Gasteiger charge is 2.67. The Bertz CT molecular complexity index is 381. The van der Waals surface area contributed by atoms with E-state index in [0.717, 1.165) is 6.42 Å². The third-order valence-corrected chi connectivity index (χ3v) is 6.59. The van der Waals surface area contributed by atoms with Gasteiger partial charge in [0.25, 0.3) is 0 Å². The van der Waals surface area contributed by atoms with Gasteiger partial charge in [0.05, 0.1) is 0 Å². The van der Waals surface area contributed by atoms with Gasteiger partial charge in [-0.25, -0.2) is 0 Å². The van der Waals surface area contributed by atoms with Crippen molar-refractivity contribution in [1.82, 2.24) is 5.32 Å². The normalized spacial score (nSPS) is 37.3. The number of nitrogens with one attached hydrogen (secondary N) is 1. The highest BCUT2D eigenvalue weighted by molar-refractivity contribution is 5.33. The fraction of sp³-hybridized carbons (Fsp3) is 0.895. The third-order valence-electron chi connectivity index (χ3n) is 6.59. The van der Waals surface area contributed by atoms with E-state index in [9.17, 15) is 5.11 Å². The second-order valence-electron chi connectivity index (χ2n) is 7.46. The van der Waals surface area contributed by atoms with Crippen molar-refractivity contribution in [3.8, 4) is 0 Å². The quantitative estimate of drug-likeness (QED) is 0.572. The van der Waals surface area contributed by atoms with E-state index in [2.05, 4.69) is 39.1 Å². The molecular weight excluding hydrogens is 258 g/mol. The molecule has 0 saturated heterocycles. The van der Waals surface area contributed by atoms with Crippen LogP contribution in [0.2, 0.25) is 0 Å². The zero-order valence-electron chi connectivity index (χ0n) is 14.7. The molecule has 21 heavy (non-hydrogen) atoms. The van der Waals surface area contributed by atoms with Crippen LogP contribution < -0.4 is 5.32 Å². The predicted octanol–water partition coefficient (Wildman–Crippen LogP) is 4.64. The number of allylic oxidation sites excluding steroid dienone is 1. The summed E-state index contributed by atoms with van der Waals surface area (Å²) in [5.41, 5.74) is 1.97. The van der Waals surface area contributed by atoms with Crippen LogP contribution in [0, 0.1) is 17.3 Å². The lowest BCUT2D eigenvalue weighted by Gasteiger charge is -2.71. The van der Waals surface area contributed by atoms with Gasteiger partial charge in [-0.3, -0.25) is 5.32 Å². The molecule has 0 heterocycles. The summed E-state index contributed by atoms with van der Waals surface area (Å²) in [4.78, 5) is 0. The average molecular weight is 293 g/mol. The average Bonchev–Trinajstić information content (AvgIpc) is 2.46. The molecule has 0 aromatic carbocycles. The van der Waals surface area contributed by atoms with E-state index in [0.29, 0.717) is 17.3 Å². The van der Waals surface area contributed by atoms with Crippen molar-refractivity contribution in [3.63, 3.8) is 0 Å². The van der Waals surface area contributed by atoms with Crippen LogP contribution in [0.15, 0.2) is 11.6 Å². The molecule has 2 fully saturated rings. The number of hydrogen-bond acceptors (Lipinski definition) is 2. The zero-order valence-corrected chi connectivity index (χ0v) is 14.7. The van der Waals surface area contributed by atoms with Crippen molar-refractivity contribution < 1.29 is 5.11 Å². The van der Waals surface area contributed by atoms with E-state index >= 15 is 0 Å². The van der Waals surface area contributed by atoms with Crippen LogP contribution in [0.1, 0.15) is 79.6 Å². The Morgan fingerprint density at radius 3 is 2.38 bits per heavy atom. The van der Waals surface area contributed by atoms with Crippen molar-refractivity contribution in [1.29, 1.82) is 0 Å². The van der Waals surface area contributed by atoms with Crippen molar-refractivity contribution in [2.75, 3.05) is 0 Å². The van der Waals surface area contributed by atoms with Crippen LogP contribution in [0.4, 0.5) is 0 Å². The molecule has 2 N–H and O–H groups in total. The lowest BCUT2D eigenvalue weighted by Crippen LogP contribution is -2.76. The van der Waals surface area contributed by atoms with Crippen molar-refractivity contribution in [2.45, 2.75) is 91.3 Å². The molecule has 1 spiro atoms. The Hall–Kier alpha value is -0.340. The topological polar surface area (TPSA) is 32.3 Å². The van der Waals surface area contributed by atoms with E-state index in [1.165, 1.54) is 44.1 Å². The summed E-state index contributed by atoms with van der Waals surface area (Å²) in [6, 6.07) is 0. The Morgan fingerprint density at radius 2 is 1.90 bits per heavy atom. The van der Waals surface area contributed by atoms with Gasteiger partial charge >= 0.3 is 0 Å². The van der Waals surface area contributed by atoms with Gasteiger partial charge in [-0.15, -0.1) is 0 Å². The summed E-state index contributed by atoms with van der Waals surface area (Å²) in [5, 5.41) is 13.6. The molecule has 2 rings (SSSR count). The van der Waals surface area contributed by atoms with Gasteiger partial charge in [-0.2, -0.15) is 0 Å². The first-order valence-electron chi connectivity index (χ1n) is 9.08. The van der Waals surface area contributed by atoms with Crippen LogP contribution in [0.25, 0.3) is 0 Å². The molecule has 0 bridgehead atoms. The summed E-state index contributed by atoms with van der Waals surface area (Å²) in [6.07, 6.45) is 11.2. The Kier molecular flexibility index (Phi) is 5.20. The number of hydrogen-bond donors (Lipinski definition) is 2. The standard InChI is InChI=1S/C19H35NO/c1-6-11-14(3)19(20-16(5)21)15(4)18(17(19)7-2)12-9-8-10-13-18/h11,15-17,20-21H,6-10,12-13H2,1-5H3/b14-11+. The molecule has 2 saturated carbocycles. The minimum atomic E-state index is -0.442. The van der Waals surface area contributed by atoms with Gasteiger partial charge in [0, 0.05) is 5.54 Å². The van der Waals surface area contributed by atoms with Crippen molar-refractivity contribution >= 4 is 0 Å². The molecule has 0 radical (unpaired) electrons. The molecule has 4 atom stereocenters. The van der Waals surface area contributed by atoms with Crippen LogP contribution in [-0.4, -0.2) is 16.9 Å². The van der Waals surface area contributed by atoms with Crippen molar-refractivity contribution in [2.24, 2.45) is 17.3 Å². The molecule has 0 aromatic heterocycles. The van der Waals surface area contributed by atoms with Crippen molar-refractivity contribution in [3.05, 3.63) is 11.6 Å². The Balaban J connectivity index is 2.38. The fourth-order valence-corrected chi connectivity index (χ4v) is 5.91. The molecular formula is C19H35NO.